The summed E-state index contributed by atoms with van der Waals surface area (Å²) >= 11 is 1.26. The first-order valence-corrected chi connectivity index (χ1v) is 14.5. The van der Waals surface area contributed by atoms with Crippen LogP contribution in [0.4, 0.5) is 0 Å². The number of esters is 2. The lowest BCUT2D eigenvalue weighted by atomic mass is 9.87. The summed E-state index contributed by atoms with van der Waals surface area (Å²) in [6.45, 7) is 8.45. The van der Waals surface area contributed by atoms with Crippen LogP contribution >= 0.6 is 11.3 Å². The second-order valence-corrected chi connectivity index (χ2v) is 12.0. The van der Waals surface area contributed by atoms with Gasteiger partial charge in [0.05, 0.1) is 34.7 Å². The molecule has 0 amide bonds. The van der Waals surface area contributed by atoms with Crippen molar-refractivity contribution in [3.63, 3.8) is 0 Å². The van der Waals surface area contributed by atoms with E-state index in [4.69, 9.17) is 18.6 Å². The lowest BCUT2D eigenvalue weighted by Gasteiger charge is -2.25. The van der Waals surface area contributed by atoms with Crippen LogP contribution in [0.2, 0.25) is 0 Å². The van der Waals surface area contributed by atoms with Gasteiger partial charge in [0.2, 0.25) is 5.76 Å². The van der Waals surface area contributed by atoms with Crippen molar-refractivity contribution < 1.29 is 28.2 Å². The van der Waals surface area contributed by atoms with Gasteiger partial charge in [-0.25, -0.2) is 14.6 Å². The minimum absolute atomic E-state index is 0.0102. The molecule has 2 aromatic carbocycles. The number of carbonyl (C=O) groups is 2. The number of ether oxygens (including phenoxy) is 3. The number of rotatable bonds is 8. The predicted octanol–water partition coefficient (Wildman–Crippen LogP) is 4.53. The molecular formula is C33H32N2O7S. The van der Waals surface area contributed by atoms with Crippen LogP contribution in [0.3, 0.4) is 0 Å². The van der Waals surface area contributed by atoms with E-state index >= 15 is 0 Å². The number of carbonyl (C=O) groups excluding carboxylic acids is 2. The Hall–Kier alpha value is -4.54. The van der Waals surface area contributed by atoms with E-state index in [1.54, 1.807) is 37.3 Å². The van der Waals surface area contributed by atoms with E-state index in [0.717, 1.165) is 5.56 Å². The molecule has 222 valence electrons. The van der Waals surface area contributed by atoms with Gasteiger partial charge < -0.3 is 18.6 Å². The molecular weight excluding hydrogens is 568 g/mol. The molecule has 0 N–H and O–H groups in total. The first kappa shape index (κ1) is 29.9. The molecule has 4 aromatic rings. The quantitative estimate of drug-likeness (QED) is 0.166. The standard InChI is InChI=1S/C33H32N2O7S/c1-20-27(31(38)41-18-17-39-5)28(22-10-14-24(15-11-22)42-30(37)25-7-6-16-40-25)35-29(36)26(43-32(35)34-20)19-21-8-12-23(13-9-21)33(2,3)4/h6-16,19,28H,17-18H2,1-5H3/b26-19+/t28-/m1/s1. The highest BCUT2D eigenvalue weighted by molar-refractivity contribution is 7.07. The molecule has 0 saturated carbocycles. The average molecular weight is 601 g/mol. The van der Waals surface area contributed by atoms with Gasteiger partial charge in [-0.1, -0.05) is 68.5 Å². The maximum absolute atomic E-state index is 13.9. The van der Waals surface area contributed by atoms with Gasteiger partial charge in [-0.3, -0.25) is 9.36 Å². The highest BCUT2D eigenvalue weighted by atomic mass is 32.1. The van der Waals surface area contributed by atoms with E-state index in [2.05, 4.69) is 37.9 Å². The molecule has 0 bridgehead atoms. The van der Waals surface area contributed by atoms with Gasteiger partial charge >= 0.3 is 11.9 Å². The summed E-state index contributed by atoms with van der Waals surface area (Å²) in [7, 11) is 1.52. The van der Waals surface area contributed by atoms with Crippen molar-refractivity contribution in [2.75, 3.05) is 20.3 Å². The molecule has 10 heteroatoms. The molecule has 1 aliphatic rings. The molecule has 5 rings (SSSR count). The number of aromatic nitrogens is 1. The van der Waals surface area contributed by atoms with E-state index in [1.807, 2.05) is 18.2 Å². The molecule has 0 radical (unpaired) electrons. The fourth-order valence-corrected chi connectivity index (χ4v) is 5.74. The molecule has 1 aliphatic heterocycles. The van der Waals surface area contributed by atoms with Gasteiger partial charge in [-0.05, 0) is 59.4 Å². The number of fused-ring (bicyclic) bond motifs is 1. The highest BCUT2D eigenvalue weighted by Gasteiger charge is 2.33. The Bertz CT molecular complexity index is 1840. The second-order valence-electron chi connectivity index (χ2n) is 11.0. The summed E-state index contributed by atoms with van der Waals surface area (Å²) in [5.41, 5.74) is 3.11. The third-order valence-electron chi connectivity index (χ3n) is 6.97. The Labute approximate surface area is 252 Å². The summed E-state index contributed by atoms with van der Waals surface area (Å²) in [5, 5.41) is 0. The summed E-state index contributed by atoms with van der Waals surface area (Å²) in [6.07, 6.45) is 3.22. The van der Waals surface area contributed by atoms with E-state index in [9.17, 15) is 14.4 Å². The lowest BCUT2D eigenvalue weighted by molar-refractivity contribution is -0.140. The van der Waals surface area contributed by atoms with E-state index in [1.165, 1.54) is 40.9 Å². The molecule has 43 heavy (non-hydrogen) atoms. The molecule has 3 heterocycles. The van der Waals surface area contributed by atoms with Gasteiger partial charge in [-0.2, -0.15) is 0 Å². The van der Waals surface area contributed by atoms with E-state index in [0.29, 0.717) is 20.6 Å². The number of nitrogens with zero attached hydrogens (tertiary/aromatic N) is 2. The van der Waals surface area contributed by atoms with Crippen LogP contribution in [0.25, 0.3) is 6.08 Å². The topological polar surface area (TPSA) is 109 Å². The molecule has 0 unspecified atom stereocenters. The first-order valence-electron chi connectivity index (χ1n) is 13.7. The van der Waals surface area contributed by atoms with Crippen molar-refractivity contribution >= 4 is 29.4 Å². The van der Waals surface area contributed by atoms with Crippen LogP contribution < -0.4 is 19.6 Å². The van der Waals surface area contributed by atoms with E-state index < -0.39 is 18.0 Å². The minimum Gasteiger partial charge on any atom is -0.460 e. The fraction of sp³-hybridized carbons (Fsp3) is 0.273. The van der Waals surface area contributed by atoms with Gasteiger partial charge in [0.15, 0.2) is 4.80 Å². The zero-order valence-electron chi connectivity index (χ0n) is 24.6. The zero-order chi connectivity index (χ0) is 30.7. The third-order valence-corrected chi connectivity index (χ3v) is 7.95. The molecule has 1 atom stereocenters. The zero-order valence-corrected chi connectivity index (χ0v) is 25.4. The van der Waals surface area contributed by atoms with Crippen LogP contribution in [0.5, 0.6) is 5.75 Å². The molecule has 0 saturated heterocycles. The second kappa shape index (κ2) is 12.4. The number of benzene rings is 2. The maximum atomic E-state index is 13.9. The van der Waals surface area contributed by atoms with Crippen molar-refractivity contribution in [1.82, 2.24) is 4.57 Å². The summed E-state index contributed by atoms with van der Waals surface area (Å²) in [4.78, 5) is 44.7. The number of thiazole rings is 1. The summed E-state index contributed by atoms with van der Waals surface area (Å²) in [5.74, 6) is -0.881. The van der Waals surface area contributed by atoms with Crippen LogP contribution in [-0.2, 0) is 19.7 Å². The highest BCUT2D eigenvalue weighted by Crippen LogP contribution is 2.32. The largest absolute Gasteiger partial charge is 0.460 e. The molecule has 2 aromatic heterocycles. The van der Waals surface area contributed by atoms with Crippen molar-refractivity contribution in [2.45, 2.75) is 39.2 Å². The van der Waals surface area contributed by atoms with Crippen LogP contribution in [0.15, 0.2) is 92.4 Å². The Morgan fingerprint density at radius 1 is 1.02 bits per heavy atom. The van der Waals surface area contributed by atoms with Crippen molar-refractivity contribution in [3.8, 4) is 5.75 Å². The average Bonchev–Trinajstić information content (AvgIpc) is 3.61. The van der Waals surface area contributed by atoms with Crippen molar-refractivity contribution in [2.24, 2.45) is 4.99 Å². The van der Waals surface area contributed by atoms with Crippen LogP contribution in [0.1, 0.15) is 61.0 Å². The molecule has 0 spiro atoms. The maximum Gasteiger partial charge on any atom is 0.379 e. The number of hydrogen-bond acceptors (Lipinski definition) is 9. The van der Waals surface area contributed by atoms with E-state index in [-0.39, 0.29) is 41.3 Å². The normalized spacial score (nSPS) is 15.2. The van der Waals surface area contributed by atoms with Crippen LogP contribution in [-0.4, -0.2) is 36.8 Å². The monoisotopic (exact) mass is 600 g/mol. The van der Waals surface area contributed by atoms with Crippen molar-refractivity contribution in [3.05, 3.63) is 120 Å². The lowest BCUT2D eigenvalue weighted by Crippen LogP contribution is -2.40. The van der Waals surface area contributed by atoms with Gasteiger partial charge in [-0.15, -0.1) is 0 Å². The Balaban J connectivity index is 1.55. The molecule has 0 aliphatic carbocycles. The summed E-state index contributed by atoms with van der Waals surface area (Å²) < 4.78 is 23.0. The van der Waals surface area contributed by atoms with Gasteiger partial charge in [0.1, 0.15) is 12.4 Å². The molecule has 9 nitrogen and oxygen atoms in total. The summed E-state index contributed by atoms with van der Waals surface area (Å²) in [6, 6.07) is 17.0. The van der Waals surface area contributed by atoms with Gasteiger partial charge in [0.25, 0.3) is 5.56 Å². The molecule has 0 fully saturated rings. The number of methoxy groups -OCH3 is 1. The first-order chi connectivity index (χ1) is 20.6. The minimum atomic E-state index is -0.813. The fourth-order valence-electron chi connectivity index (χ4n) is 4.69. The number of allylic oxidation sites excluding steroid dienone is 1. The number of hydrogen-bond donors (Lipinski definition) is 0. The van der Waals surface area contributed by atoms with Crippen molar-refractivity contribution in [1.29, 1.82) is 0 Å². The smallest absolute Gasteiger partial charge is 0.379 e. The third kappa shape index (κ3) is 6.45. The Morgan fingerprint density at radius 2 is 1.74 bits per heavy atom. The van der Waals surface area contributed by atoms with Crippen LogP contribution in [0, 0.1) is 0 Å². The number of furan rings is 1. The SMILES string of the molecule is COCCOC(=O)C1=C(C)N=c2s/c(=C/c3ccc(C(C)(C)C)cc3)c(=O)n2[C@@H]1c1ccc(OC(=O)c2ccco2)cc1. The Morgan fingerprint density at radius 3 is 2.37 bits per heavy atom. The predicted molar refractivity (Wildman–Crippen MR) is 162 cm³/mol. The Kier molecular flexibility index (Phi) is 8.61. The van der Waals surface area contributed by atoms with Gasteiger partial charge in [0, 0.05) is 7.11 Å².